The molecule has 0 aliphatic heterocycles. The van der Waals surface area contributed by atoms with Crippen LogP contribution in [0.4, 0.5) is 0 Å². The molecule has 1 aromatic carbocycles. The second-order valence-electron chi connectivity index (χ2n) is 4.27. The number of nitrogens with zero attached hydrogens (tertiary/aromatic N) is 2. The van der Waals surface area contributed by atoms with Crippen LogP contribution in [-0.4, -0.2) is 25.2 Å². The summed E-state index contributed by atoms with van der Waals surface area (Å²) in [5, 5.41) is 2.73. The fourth-order valence-corrected chi connectivity index (χ4v) is 2.99. The van der Waals surface area contributed by atoms with Crippen LogP contribution in [0.15, 0.2) is 33.7 Å². The molecule has 0 bridgehead atoms. The molecule has 7 heteroatoms. The van der Waals surface area contributed by atoms with Gasteiger partial charge in [-0.05, 0) is 45.0 Å². The predicted molar refractivity (Wildman–Crippen MR) is 72.2 cm³/mol. The first-order valence-corrected chi connectivity index (χ1v) is 7.76. The molecule has 6 nitrogen and oxygen atoms in total. The molecule has 0 fully saturated rings. The molecule has 2 rings (SSSR count). The average Bonchev–Trinajstić information content (AvgIpc) is 2.85. The van der Waals surface area contributed by atoms with Gasteiger partial charge in [0, 0.05) is 0 Å². The molecule has 20 heavy (non-hydrogen) atoms. The highest BCUT2D eigenvalue weighted by atomic mass is 32.2. The highest BCUT2D eigenvalue weighted by molar-refractivity contribution is 7.91. The van der Waals surface area contributed by atoms with Crippen LogP contribution in [0.1, 0.15) is 30.8 Å². The number of hydrogen-bond acceptors (Lipinski definition) is 6. The Hall–Kier alpha value is -1.89. The molecule has 0 aliphatic carbocycles. The summed E-state index contributed by atoms with van der Waals surface area (Å²) in [6.07, 6.45) is 0. The minimum absolute atomic E-state index is 0.0939. The predicted octanol–water partition coefficient (Wildman–Crippen LogP) is 2.31. The van der Waals surface area contributed by atoms with E-state index in [0.717, 1.165) is 0 Å². The van der Waals surface area contributed by atoms with Gasteiger partial charge in [0.1, 0.15) is 11.0 Å². The smallest absolute Gasteiger partial charge is 0.245 e. The largest absolute Gasteiger partial charge is 0.494 e. The molecule has 0 unspecified atom stereocenters. The third-order valence-electron chi connectivity index (χ3n) is 2.82. The summed E-state index contributed by atoms with van der Waals surface area (Å²) in [5.41, 5.74) is 0. The second kappa shape index (κ2) is 5.62. The number of ether oxygens (including phenoxy) is 1. The number of rotatable bonds is 5. The van der Waals surface area contributed by atoms with E-state index in [4.69, 9.17) is 9.26 Å². The summed E-state index contributed by atoms with van der Waals surface area (Å²) in [7, 11) is -3.56. The maximum atomic E-state index is 12.4. The molecule has 108 valence electrons. The molecule has 2 aromatic rings. The summed E-state index contributed by atoms with van der Waals surface area (Å²) >= 11 is 0. The van der Waals surface area contributed by atoms with Crippen molar-refractivity contribution >= 4 is 9.84 Å². The topological polar surface area (TPSA) is 82.3 Å². The minimum atomic E-state index is -3.56. The Morgan fingerprint density at radius 2 is 1.95 bits per heavy atom. The molecular weight excluding hydrogens is 280 g/mol. The molecule has 0 aliphatic rings. The van der Waals surface area contributed by atoms with Crippen molar-refractivity contribution in [3.63, 3.8) is 0 Å². The molecule has 0 N–H and O–H groups in total. The highest BCUT2D eigenvalue weighted by Gasteiger charge is 2.29. The zero-order valence-electron chi connectivity index (χ0n) is 11.5. The summed E-state index contributed by atoms with van der Waals surface area (Å²) in [6, 6.07) is 6.28. The van der Waals surface area contributed by atoms with Crippen LogP contribution in [0.5, 0.6) is 5.75 Å². The zero-order chi connectivity index (χ0) is 14.8. The van der Waals surface area contributed by atoms with E-state index in [0.29, 0.717) is 18.2 Å². The monoisotopic (exact) mass is 296 g/mol. The Morgan fingerprint density at radius 3 is 2.45 bits per heavy atom. The van der Waals surface area contributed by atoms with Crippen molar-refractivity contribution in [3.05, 3.63) is 36.0 Å². The molecule has 0 spiro atoms. The van der Waals surface area contributed by atoms with E-state index in [1.54, 1.807) is 19.1 Å². The average molecular weight is 296 g/mol. The van der Waals surface area contributed by atoms with Gasteiger partial charge in [-0.25, -0.2) is 8.42 Å². The Balaban J connectivity index is 2.29. The molecule has 0 saturated carbocycles. The van der Waals surface area contributed by atoms with E-state index < -0.39 is 15.1 Å². The molecule has 1 atom stereocenters. The van der Waals surface area contributed by atoms with Crippen LogP contribution in [0.2, 0.25) is 0 Å². The SMILES string of the molecule is CCOc1ccc(S(=O)(=O)[C@@H](C)c2nc(C)no2)cc1. The first kappa shape index (κ1) is 14.5. The Bertz CT molecular complexity index is 677. The van der Waals surface area contributed by atoms with Gasteiger partial charge in [-0.2, -0.15) is 4.98 Å². The van der Waals surface area contributed by atoms with Gasteiger partial charge in [0.05, 0.1) is 11.5 Å². The number of aryl methyl sites for hydroxylation is 1. The molecule has 0 amide bonds. The highest BCUT2D eigenvalue weighted by Crippen LogP contribution is 2.28. The first-order chi connectivity index (χ1) is 9.45. The normalized spacial score (nSPS) is 13.2. The Kier molecular flexibility index (Phi) is 4.08. The lowest BCUT2D eigenvalue weighted by Crippen LogP contribution is -2.11. The second-order valence-corrected chi connectivity index (χ2v) is 6.54. The molecule has 0 saturated heterocycles. The summed E-state index contributed by atoms with van der Waals surface area (Å²) in [6.45, 7) is 5.57. The van der Waals surface area contributed by atoms with Crippen molar-refractivity contribution in [3.8, 4) is 5.75 Å². The van der Waals surface area contributed by atoms with E-state index in [1.807, 2.05) is 6.92 Å². The van der Waals surface area contributed by atoms with Gasteiger partial charge in [0.2, 0.25) is 5.89 Å². The zero-order valence-corrected chi connectivity index (χ0v) is 12.3. The van der Waals surface area contributed by atoms with Crippen LogP contribution in [-0.2, 0) is 9.84 Å². The Labute approximate surface area is 117 Å². The van der Waals surface area contributed by atoms with Crippen molar-refractivity contribution in [2.24, 2.45) is 0 Å². The summed E-state index contributed by atoms with van der Waals surface area (Å²) < 4.78 is 35.1. The minimum Gasteiger partial charge on any atom is -0.494 e. The van der Waals surface area contributed by atoms with Crippen LogP contribution < -0.4 is 4.74 Å². The van der Waals surface area contributed by atoms with Gasteiger partial charge < -0.3 is 9.26 Å². The van der Waals surface area contributed by atoms with Gasteiger partial charge in [-0.3, -0.25) is 0 Å². The van der Waals surface area contributed by atoms with E-state index in [-0.39, 0.29) is 10.8 Å². The van der Waals surface area contributed by atoms with Crippen molar-refractivity contribution in [2.45, 2.75) is 30.9 Å². The van der Waals surface area contributed by atoms with E-state index >= 15 is 0 Å². The van der Waals surface area contributed by atoms with E-state index in [9.17, 15) is 8.42 Å². The van der Waals surface area contributed by atoms with E-state index in [2.05, 4.69) is 10.1 Å². The van der Waals surface area contributed by atoms with Crippen LogP contribution >= 0.6 is 0 Å². The lowest BCUT2D eigenvalue weighted by Gasteiger charge is -2.10. The fourth-order valence-electron chi connectivity index (χ4n) is 1.71. The summed E-state index contributed by atoms with van der Waals surface area (Å²) in [5.74, 6) is 1.14. The molecule has 1 aromatic heterocycles. The standard InChI is InChI=1S/C13H16N2O4S/c1-4-18-11-5-7-12(8-6-11)20(16,17)9(2)13-14-10(3)15-19-13/h5-9H,4H2,1-3H3/t9-/m0/s1. The third-order valence-corrected chi connectivity index (χ3v) is 4.88. The fraction of sp³-hybridized carbons (Fsp3) is 0.385. The number of hydrogen-bond donors (Lipinski definition) is 0. The van der Waals surface area contributed by atoms with Crippen molar-refractivity contribution in [2.75, 3.05) is 6.61 Å². The molecule has 0 radical (unpaired) electrons. The van der Waals surface area contributed by atoms with Gasteiger partial charge in [0.25, 0.3) is 0 Å². The van der Waals surface area contributed by atoms with Crippen molar-refractivity contribution in [1.82, 2.24) is 10.1 Å². The van der Waals surface area contributed by atoms with Crippen molar-refractivity contribution < 1.29 is 17.7 Å². The van der Waals surface area contributed by atoms with Gasteiger partial charge >= 0.3 is 0 Å². The molecular formula is C13H16N2O4S. The lowest BCUT2D eigenvalue weighted by atomic mass is 10.3. The van der Waals surface area contributed by atoms with Crippen LogP contribution in [0, 0.1) is 6.92 Å². The molecule has 1 heterocycles. The van der Waals surface area contributed by atoms with E-state index in [1.165, 1.54) is 19.1 Å². The first-order valence-electron chi connectivity index (χ1n) is 6.22. The number of benzene rings is 1. The lowest BCUT2D eigenvalue weighted by molar-refractivity contribution is 0.340. The van der Waals surface area contributed by atoms with Gasteiger partial charge in [0.15, 0.2) is 15.7 Å². The maximum Gasteiger partial charge on any atom is 0.245 e. The number of aromatic nitrogens is 2. The Morgan fingerprint density at radius 1 is 1.30 bits per heavy atom. The van der Waals surface area contributed by atoms with Gasteiger partial charge in [-0.1, -0.05) is 5.16 Å². The quantitative estimate of drug-likeness (QED) is 0.842. The number of sulfone groups is 1. The third kappa shape index (κ3) is 2.82. The van der Waals surface area contributed by atoms with Gasteiger partial charge in [-0.15, -0.1) is 0 Å². The summed E-state index contributed by atoms with van der Waals surface area (Å²) in [4.78, 5) is 4.17. The maximum absolute atomic E-state index is 12.4. The van der Waals surface area contributed by atoms with Crippen LogP contribution in [0.3, 0.4) is 0 Å². The van der Waals surface area contributed by atoms with Crippen LogP contribution in [0.25, 0.3) is 0 Å². The van der Waals surface area contributed by atoms with Crippen molar-refractivity contribution in [1.29, 1.82) is 0 Å².